The Bertz CT molecular complexity index is 1130. The molecule has 1 aromatic carbocycles. The number of rotatable bonds is 2. The summed E-state index contributed by atoms with van der Waals surface area (Å²) in [6.45, 7) is 0. The molecule has 1 aliphatic rings. The molecule has 2 aromatic heterocycles. The van der Waals surface area contributed by atoms with Crippen molar-refractivity contribution in [3.63, 3.8) is 0 Å². The number of fused-ring (bicyclic) bond motifs is 2. The van der Waals surface area contributed by atoms with Crippen molar-refractivity contribution in [1.82, 2.24) is 14.5 Å². The molecule has 3 aromatic rings. The normalized spacial score (nSPS) is 14.0. The van der Waals surface area contributed by atoms with Gasteiger partial charge in [-0.05, 0) is 42.5 Å². The predicted octanol–water partition coefficient (Wildman–Crippen LogP) is 1.67. The molecule has 24 heavy (non-hydrogen) atoms. The number of hydrogen-bond donors (Lipinski definition) is 0. The van der Waals surface area contributed by atoms with Crippen molar-refractivity contribution < 1.29 is 8.42 Å². The van der Waals surface area contributed by atoms with Gasteiger partial charge in [-0.1, -0.05) is 6.07 Å². The summed E-state index contributed by atoms with van der Waals surface area (Å²) in [5.41, 5.74) is 3.56. The van der Waals surface area contributed by atoms with Crippen molar-refractivity contribution in [2.24, 2.45) is 0 Å². The van der Waals surface area contributed by atoms with E-state index in [1.54, 1.807) is 10.8 Å². The van der Waals surface area contributed by atoms with Gasteiger partial charge in [0.2, 0.25) is 15.0 Å². The molecule has 6 nitrogen and oxygen atoms in total. The minimum atomic E-state index is -3.55. The molecule has 0 radical (unpaired) electrons. The Kier molecular flexibility index (Phi) is 3.28. The molecule has 0 saturated carbocycles. The van der Waals surface area contributed by atoms with E-state index in [1.807, 2.05) is 6.07 Å². The van der Waals surface area contributed by atoms with E-state index in [-0.39, 0.29) is 10.6 Å². The molecule has 0 fully saturated rings. The first-order valence-corrected chi connectivity index (χ1v) is 9.53. The second kappa shape index (κ2) is 5.24. The highest BCUT2D eigenvalue weighted by atomic mass is 32.2. The van der Waals surface area contributed by atoms with Crippen LogP contribution in [0.2, 0.25) is 0 Å². The van der Waals surface area contributed by atoms with Crippen LogP contribution in [0.4, 0.5) is 0 Å². The maximum absolute atomic E-state index is 12.1. The van der Waals surface area contributed by atoms with Crippen LogP contribution in [0, 0.1) is 0 Å². The maximum atomic E-state index is 12.1. The highest BCUT2D eigenvalue weighted by Gasteiger charge is 2.16. The van der Waals surface area contributed by atoms with Gasteiger partial charge < -0.3 is 4.57 Å². The lowest BCUT2D eigenvalue weighted by Crippen LogP contribution is -2.12. The smallest absolute Gasteiger partial charge is 0.248 e. The Morgan fingerprint density at radius 3 is 2.71 bits per heavy atom. The number of aromatic nitrogens is 3. The van der Waals surface area contributed by atoms with E-state index in [1.165, 1.54) is 23.4 Å². The van der Waals surface area contributed by atoms with Gasteiger partial charge >= 0.3 is 0 Å². The highest BCUT2D eigenvalue weighted by molar-refractivity contribution is 7.90. The van der Waals surface area contributed by atoms with Gasteiger partial charge in [0.15, 0.2) is 11.1 Å². The third-order valence-corrected chi connectivity index (χ3v) is 5.17. The standard InChI is InChI=1S/C17H15N3O3S/c1-24(22,23)17-18-10-14-15(21)7-8-20(16(14)19-17)13-6-5-11-3-2-4-12(11)9-13/h5-10H,2-4H2,1H3. The van der Waals surface area contributed by atoms with E-state index < -0.39 is 9.84 Å². The Balaban J connectivity index is 2.01. The molecule has 0 amide bonds. The summed E-state index contributed by atoms with van der Waals surface area (Å²) in [7, 11) is -3.55. The summed E-state index contributed by atoms with van der Waals surface area (Å²) in [5, 5.41) is 0.0147. The van der Waals surface area contributed by atoms with Crippen molar-refractivity contribution in [3.05, 3.63) is 58.0 Å². The van der Waals surface area contributed by atoms with Crippen LogP contribution in [-0.4, -0.2) is 29.2 Å². The number of hydrogen-bond acceptors (Lipinski definition) is 5. The summed E-state index contributed by atoms with van der Waals surface area (Å²) in [6.07, 6.45) is 7.22. The number of pyridine rings is 1. The molecule has 7 heteroatoms. The van der Waals surface area contributed by atoms with Crippen molar-refractivity contribution in [2.45, 2.75) is 24.4 Å². The van der Waals surface area contributed by atoms with Gasteiger partial charge in [0.05, 0.1) is 5.39 Å². The molecule has 1 aliphatic carbocycles. The van der Waals surface area contributed by atoms with Gasteiger partial charge in [-0.15, -0.1) is 0 Å². The van der Waals surface area contributed by atoms with Crippen molar-refractivity contribution in [1.29, 1.82) is 0 Å². The molecule has 2 heterocycles. The molecular weight excluding hydrogens is 326 g/mol. The van der Waals surface area contributed by atoms with Crippen LogP contribution in [0.5, 0.6) is 0 Å². The van der Waals surface area contributed by atoms with Crippen molar-refractivity contribution in [3.8, 4) is 5.69 Å². The van der Waals surface area contributed by atoms with Gasteiger partial charge in [-0.3, -0.25) is 4.79 Å². The molecule has 0 unspecified atom stereocenters. The fourth-order valence-electron chi connectivity index (χ4n) is 3.11. The van der Waals surface area contributed by atoms with Crippen LogP contribution in [-0.2, 0) is 22.7 Å². The Labute approximate surface area is 138 Å². The third kappa shape index (κ3) is 2.41. The van der Waals surface area contributed by atoms with Gasteiger partial charge in [0.1, 0.15) is 0 Å². The average molecular weight is 341 g/mol. The fourth-order valence-corrected chi connectivity index (χ4v) is 3.61. The first kappa shape index (κ1) is 15.0. The number of sulfone groups is 1. The zero-order valence-corrected chi connectivity index (χ0v) is 13.9. The highest BCUT2D eigenvalue weighted by Crippen LogP contribution is 2.25. The monoisotopic (exact) mass is 341 g/mol. The van der Waals surface area contributed by atoms with Crippen LogP contribution in [0.25, 0.3) is 16.7 Å². The number of benzene rings is 1. The predicted molar refractivity (Wildman–Crippen MR) is 90.3 cm³/mol. The number of nitrogens with zero attached hydrogens (tertiary/aromatic N) is 3. The zero-order valence-electron chi connectivity index (χ0n) is 13.1. The first-order valence-electron chi connectivity index (χ1n) is 7.64. The van der Waals surface area contributed by atoms with Crippen molar-refractivity contribution in [2.75, 3.05) is 6.26 Å². The summed E-state index contributed by atoms with van der Waals surface area (Å²) in [5.74, 6) is 0. The molecule has 122 valence electrons. The topological polar surface area (TPSA) is 81.9 Å². The lowest BCUT2D eigenvalue weighted by molar-refractivity contribution is 0.593. The molecule has 0 atom stereocenters. The van der Waals surface area contributed by atoms with E-state index in [0.29, 0.717) is 11.0 Å². The van der Waals surface area contributed by atoms with Crippen LogP contribution in [0.15, 0.2) is 46.6 Å². The van der Waals surface area contributed by atoms with Crippen molar-refractivity contribution >= 4 is 20.9 Å². The van der Waals surface area contributed by atoms with Crippen LogP contribution in [0.1, 0.15) is 17.5 Å². The van der Waals surface area contributed by atoms with Gasteiger partial charge in [-0.25, -0.2) is 13.4 Å². The lowest BCUT2D eigenvalue weighted by Gasteiger charge is -2.12. The minimum absolute atomic E-state index is 0.234. The average Bonchev–Trinajstić information content (AvgIpc) is 3.01. The SMILES string of the molecule is CS(=O)(=O)c1ncc2c(=O)ccn(-c3ccc4c(c3)CCC4)c2n1. The fraction of sp³-hybridized carbons (Fsp3) is 0.235. The van der Waals surface area contributed by atoms with E-state index in [2.05, 4.69) is 22.1 Å². The van der Waals surface area contributed by atoms with Gasteiger partial charge in [0.25, 0.3) is 0 Å². The molecule has 0 N–H and O–H groups in total. The summed E-state index contributed by atoms with van der Waals surface area (Å²) >= 11 is 0. The zero-order chi connectivity index (χ0) is 16.9. The van der Waals surface area contributed by atoms with Gasteiger partial charge in [0, 0.05) is 30.4 Å². The first-order chi connectivity index (χ1) is 11.4. The van der Waals surface area contributed by atoms with Gasteiger partial charge in [-0.2, -0.15) is 4.98 Å². The molecule has 0 aliphatic heterocycles. The largest absolute Gasteiger partial charge is 0.301 e. The molecular formula is C17H15N3O3S. The Hall–Kier alpha value is -2.54. The van der Waals surface area contributed by atoms with E-state index in [4.69, 9.17) is 0 Å². The molecule has 4 rings (SSSR count). The Morgan fingerprint density at radius 1 is 1.12 bits per heavy atom. The maximum Gasteiger partial charge on any atom is 0.248 e. The second-order valence-electron chi connectivity index (χ2n) is 6.02. The van der Waals surface area contributed by atoms with Crippen LogP contribution >= 0.6 is 0 Å². The van der Waals surface area contributed by atoms with E-state index in [0.717, 1.165) is 31.2 Å². The molecule has 0 spiro atoms. The number of aryl methyl sites for hydroxylation is 2. The van der Waals surface area contributed by atoms with Crippen LogP contribution < -0.4 is 5.43 Å². The molecule has 0 saturated heterocycles. The molecule has 0 bridgehead atoms. The minimum Gasteiger partial charge on any atom is -0.301 e. The lowest BCUT2D eigenvalue weighted by atomic mass is 10.1. The van der Waals surface area contributed by atoms with Crippen LogP contribution in [0.3, 0.4) is 0 Å². The summed E-state index contributed by atoms with van der Waals surface area (Å²) < 4.78 is 25.2. The quantitative estimate of drug-likeness (QED) is 0.662. The second-order valence-corrected chi connectivity index (χ2v) is 7.93. The summed E-state index contributed by atoms with van der Waals surface area (Å²) in [4.78, 5) is 20.0. The third-order valence-electron chi connectivity index (χ3n) is 4.31. The Morgan fingerprint density at radius 2 is 1.92 bits per heavy atom. The summed E-state index contributed by atoms with van der Waals surface area (Å²) in [6, 6.07) is 7.57. The van der Waals surface area contributed by atoms with E-state index >= 15 is 0 Å². The van der Waals surface area contributed by atoms with E-state index in [9.17, 15) is 13.2 Å².